The standard InChI is InChI=1S/C10H8N4S.C9H6N4S.2C2H6.CH4O/c1-15-10-12-9-8(13-14-10)6-4-2-3-5-7(6)11-9;14-9-11-8-7(12-13-9)5-3-1-2-4-6(5)10-8;3*1-2/h2-5H,1H3,(H,11,12,14);1-4H,(H2,10,11,13,14);2*1-2H3;2H,1H3. The maximum atomic E-state index is 7.00. The highest BCUT2D eigenvalue weighted by atomic mass is 32.2. The molecule has 11 heteroatoms. The minimum atomic E-state index is 0.393. The summed E-state index contributed by atoms with van der Waals surface area (Å²) in [4.78, 5) is 14.9. The van der Waals surface area contributed by atoms with Crippen LogP contribution in [0.25, 0.3) is 44.1 Å². The summed E-state index contributed by atoms with van der Waals surface area (Å²) in [5.74, 6) is 0. The van der Waals surface area contributed by atoms with Crippen LogP contribution in [-0.2, 0) is 0 Å². The van der Waals surface area contributed by atoms with Crippen LogP contribution in [0.3, 0.4) is 0 Å². The summed E-state index contributed by atoms with van der Waals surface area (Å²) in [6.45, 7) is 8.00. The largest absolute Gasteiger partial charge is 0.400 e. The maximum Gasteiger partial charge on any atom is 0.215 e. The average Bonchev–Trinajstić information content (AvgIpc) is 3.49. The molecule has 4 aromatic heterocycles. The monoisotopic (exact) mass is 510 g/mol. The van der Waals surface area contributed by atoms with Crippen molar-refractivity contribution in [3.63, 3.8) is 0 Å². The van der Waals surface area contributed by atoms with E-state index in [0.717, 1.165) is 51.2 Å². The molecule has 2 aromatic carbocycles. The molecular weight excluding hydrogens is 480 g/mol. The van der Waals surface area contributed by atoms with E-state index in [2.05, 4.69) is 40.3 Å². The second-order valence-corrected chi connectivity index (χ2v) is 7.33. The Hall–Kier alpha value is -3.41. The molecule has 0 fully saturated rings. The summed E-state index contributed by atoms with van der Waals surface area (Å²) in [5.41, 5.74) is 5.27. The van der Waals surface area contributed by atoms with E-state index < -0.39 is 0 Å². The van der Waals surface area contributed by atoms with Crippen molar-refractivity contribution in [1.29, 1.82) is 0 Å². The third-order valence-electron chi connectivity index (χ3n) is 4.42. The summed E-state index contributed by atoms with van der Waals surface area (Å²) in [6.07, 6.45) is 1.94. The molecule has 0 unspecified atom stereocenters. The number of aliphatic hydroxyl groups is 1. The first kappa shape index (κ1) is 27.8. The Morgan fingerprint density at radius 3 is 1.83 bits per heavy atom. The van der Waals surface area contributed by atoms with E-state index >= 15 is 0 Å². The molecule has 35 heavy (non-hydrogen) atoms. The molecule has 6 aromatic rings. The highest BCUT2D eigenvalue weighted by Crippen LogP contribution is 2.22. The number of aromatic amines is 3. The molecule has 0 bridgehead atoms. The van der Waals surface area contributed by atoms with Crippen molar-refractivity contribution in [3.05, 3.63) is 53.3 Å². The number of fused-ring (bicyclic) bond motifs is 6. The summed E-state index contributed by atoms with van der Waals surface area (Å²) in [5, 5.41) is 24.9. The molecule has 0 saturated heterocycles. The molecule has 9 nitrogen and oxygen atoms in total. The zero-order valence-electron chi connectivity index (χ0n) is 20.6. The molecule has 4 N–H and O–H groups in total. The van der Waals surface area contributed by atoms with E-state index in [4.69, 9.17) is 17.3 Å². The predicted octanol–water partition coefficient (Wildman–Crippen LogP) is 6.06. The number of rotatable bonds is 1. The van der Waals surface area contributed by atoms with Gasteiger partial charge in [0.1, 0.15) is 11.0 Å². The van der Waals surface area contributed by atoms with Gasteiger partial charge in [-0.2, -0.15) is 10.1 Å². The van der Waals surface area contributed by atoms with Crippen LogP contribution in [0.15, 0.2) is 53.7 Å². The van der Waals surface area contributed by atoms with Crippen LogP contribution >= 0.6 is 24.0 Å². The first-order valence-corrected chi connectivity index (χ1v) is 12.8. The number of nitrogens with zero attached hydrogens (tertiary/aromatic N) is 5. The van der Waals surface area contributed by atoms with Gasteiger partial charge >= 0.3 is 0 Å². The van der Waals surface area contributed by atoms with Crippen molar-refractivity contribution in [2.75, 3.05) is 13.4 Å². The molecule has 4 heterocycles. The minimum Gasteiger partial charge on any atom is -0.400 e. The van der Waals surface area contributed by atoms with E-state index in [1.165, 1.54) is 11.8 Å². The maximum absolute atomic E-state index is 7.00. The fraction of sp³-hybridized carbons (Fsp3) is 0.250. The van der Waals surface area contributed by atoms with Gasteiger partial charge in [0.15, 0.2) is 11.3 Å². The van der Waals surface area contributed by atoms with Crippen molar-refractivity contribution in [2.24, 2.45) is 0 Å². The van der Waals surface area contributed by atoms with Crippen LogP contribution in [0.5, 0.6) is 0 Å². The minimum absolute atomic E-state index is 0.393. The number of aromatic nitrogens is 8. The molecule has 184 valence electrons. The number of hydrogen-bond donors (Lipinski definition) is 4. The van der Waals surface area contributed by atoms with Gasteiger partial charge in [-0.15, -0.1) is 10.2 Å². The topological polar surface area (TPSA) is 132 Å². The third kappa shape index (κ3) is 6.38. The fourth-order valence-corrected chi connectivity index (χ4v) is 3.57. The second kappa shape index (κ2) is 14.1. The summed E-state index contributed by atoms with van der Waals surface area (Å²) in [7, 11) is 1.00. The zero-order valence-corrected chi connectivity index (χ0v) is 22.3. The highest BCUT2D eigenvalue weighted by Gasteiger charge is 2.07. The number of aliphatic hydroxyl groups excluding tert-OH is 1. The molecule has 0 amide bonds. The Kier molecular flexibility index (Phi) is 11.2. The molecular formula is C24H30N8OS2. The highest BCUT2D eigenvalue weighted by molar-refractivity contribution is 7.98. The van der Waals surface area contributed by atoms with Crippen molar-refractivity contribution in [2.45, 2.75) is 32.9 Å². The molecule has 0 atom stereocenters. The van der Waals surface area contributed by atoms with Crippen LogP contribution in [0.1, 0.15) is 27.7 Å². The van der Waals surface area contributed by atoms with Gasteiger partial charge in [-0.05, 0) is 30.6 Å². The van der Waals surface area contributed by atoms with Crippen LogP contribution in [0.4, 0.5) is 0 Å². The van der Waals surface area contributed by atoms with Crippen LogP contribution < -0.4 is 0 Å². The fourth-order valence-electron chi connectivity index (χ4n) is 3.13. The van der Waals surface area contributed by atoms with Crippen molar-refractivity contribution >= 4 is 68.1 Å². The van der Waals surface area contributed by atoms with E-state index in [1.54, 1.807) is 0 Å². The van der Waals surface area contributed by atoms with E-state index in [0.29, 0.717) is 9.93 Å². The number of thioether (sulfide) groups is 1. The number of benzene rings is 2. The predicted molar refractivity (Wildman–Crippen MR) is 148 cm³/mol. The molecule has 0 radical (unpaired) electrons. The van der Waals surface area contributed by atoms with Crippen molar-refractivity contribution < 1.29 is 5.11 Å². The van der Waals surface area contributed by atoms with Gasteiger partial charge in [-0.25, -0.2) is 4.98 Å². The van der Waals surface area contributed by atoms with Crippen molar-refractivity contribution in [3.8, 4) is 0 Å². The number of hydrogen-bond acceptors (Lipinski definition) is 8. The molecule has 0 aliphatic carbocycles. The molecule has 0 aliphatic rings. The van der Waals surface area contributed by atoms with E-state index in [1.807, 2.05) is 82.5 Å². The van der Waals surface area contributed by atoms with Crippen LogP contribution in [0.2, 0.25) is 0 Å². The summed E-state index contributed by atoms with van der Waals surface area (Å²) >= 11 is 6.38. The lowest BCUT2D eigenvalue weighted by atomic mass is 10.2. The number of nitrogens with one attached hydrogen (secondary N) is 3. The molecule has 0 spiro atoms. The molecule has 6 rings (SSSR count). The Labute approximate surface area is 212 Å². The Morgan fingerprint density at radius 2 is 1.26 bits per heavy atom. The second-order valence-electron chi connectivity index (χ2n) is 6.17. The number of H-pyrrole nitrogens is 3. The third-order valence-corrected chi connectivity index (χ3v) is 5.14. The van der Waals surface area contributed by atoms with Gasteiger partial charge in [-0.3, -0.25) is 5.10 Å². The summed E-state index contributed by atoms with van der Waals surface area (Å²) in [6, 6.07) is 15.9. The lowest BCUT2D eigenvalue weighted by Crippen LogP contribution is -1.89. The van der Waals surface area contributed by atoms with E-state index in [9.17, 15) is 0 Å². The normalized spacial score (nSPS) is 9.80. The van der Waals surface area contributed by atoms with Crippen LogP contribution in [-0.4, -0.2) is 58.8 Å². The molecule has 0 saturated carbocycles. The molecule has 0 aliphatic heterocycles. The SMILES string of the molecule is CC.CC.CO.CSc1nnc2c(n1)[nH]c1ccccc12.S=c1nc2[nH]c3ccccc3c2n[nH]1. The van der Waals surface area contributed by atoms with Gasteiger partial charge in [0.2, 0.25) is 9.93 Å². The van der Waals surface area contributed by atoms with Gasteiger partial charge in [-0.1, -0.05) is 75.9 Å². The first-order valence-electron chi connectivity index (χ1n) is 11.2. The van der Waals surface area contributed by atoms with Gasteiger partial charge in [0.25, 0.3) is 0 Å². The van der Waals surface area contributed by atoms with Crippen molar-refractivity contribution in [1.82, 2.24) is 40.3 Å². The average molecular weight is 511 g/mol. The lowest BCUT2D eigenvalue weighted by Gasteiger charge is -1.91. The van der Waals surface area contributed by atoms with Gasteiger partial charge < -0.3 is 15.1 Å². The lowest BCUT2D eigenvalue weighted by molar-refractivity contribution is 0.399. The Morgan fingerprint density at radius 1 is 0.743 bits per heavy atom. The Balaban J connectivity index is 0.000000204. The quantitative estimate of drug-likeness (QED) is 0.155. The van der Waals surface area contributed by atoms with Crippen LogP contribution in [0, 0.1) is 4.77 Å². The van der Waals surface area contributed by atoms with E-state index in [-0.39, 0.29) is 0 Å². The van der Waals surface area contributed by atoms with Gasteiger partial charge in [0.05, 0.1) is 0 Å². The van der Waals surface area contributed by atoms with Gasteiger partial charge in [0, 0.05) is 28.9 Å². The first-order chi connectivity index (χ1) is 17.2. The Bertz CT molecular complexity index is 1540. The zero-order chi connectivity index (χ0) is 25.8. The number of para-hydroxylation sites is 2. The smallest absolute Gasteiger partial charge is 0.215 e. The summed E-state index contributed by atoms with van der Waals surface area (Å²) < 4.78 is 0.393.